The fourth-order valence-corrected chi connectivity index (χ4v) is 9.89. The predicted octanol–water partition coefficient (Wildman–Crippen LogP) is 5.02. The molecule has 10 atom stereocenters. The van der Waals surface area contributed by atoms with Gasteiger partial charge in [-0.25, -0.2) is 4.39 Å². The van der Waals surface area contributed by atoms with E-state index in [0.29, 0.717) is 34.7 Å². The summed E-state index contributed by atoms with van der Waals surface area (Å²) >= 11 is 0. The van der Waals surface area contributed by atoms with Crippen molar-refractivity contribution in [2.45, 2.75) is 77.4 Å². The van der Waals surface area contributed by atoms with Gasteiger partial charge < -0.3 is 5.11 Å². The highest BCUT2D eigenvalue weighted by Crippen LogP contribution is 2.74. The Kier molecular flexibility index (Phi) is 4.49. The molecule has 5 fully saturated rings. The molecule has 0 saturated heterocycles. The summed E-state index contributed by atoms with van der Waals surface area (Å²) in [7, 11) is 0. The number of carbonyl (C=O) groups excluding carboxylic acids is 1. The summed E-state index contributed by atoms with van der Waals surface area (Å²) in [5.41, 5.74) is 0.771. The number of aliphatic hydroxyl groups is 1. The first kappa shape index (κ1) is 21.5. The lowest BCUT2D eigenvalue weighted by molar-refractivity contribution is -0.136. The smallest absolute Gasteiger partial charge is 0.160 e. The normalized spacial score (nSPS) is 46.9. The van der Waals surface area contributed by atoms with Gasteiger partial charge in [0.2, 0.25) is 0 Å². The molecule has 5 nitrogen and oxygen atoms in total. The van der Waals surface area contributed by atoms with Gasteiger partial charge in [0.25, 0.3) is 0 Å². The number of carbonyl (C=O) groups is 1. The fourth-order valence-electron chi connectivity index (χ4n) is 9.89. The Morgan fingerprint density at radius 2 is 1.82 bits per heavy atom. The van der Waals surface area contributed by atoms with Crippen LogP contribution in [0.15, 0.2) is 18.2 Å². The number of hydrogen-bond donors (Lipinski definition) is 1. The quantitative estimate of drug-likeness (QED) is 0.692. The Balaban J connectivity index is 1.12. The number of benzene rings is 1. The largest absolute Gasteiger partial charge is 0.390 e. The standard InChI is InChI=1S/C28H36FN3O2/c1-27(34)9-7-17-15(13-27)3-5-19-18(17)8-10-28(2)25(19)20-12-21(20)26(28)24(33)14-32-30-22-6-4-16(29)11-23(22)31-32/h4,6,11,15,17-21,25-26,34H,3,5,7-10,12-14H2,1-2H3. The topological polar surface area (TPSA) is 68.0 Å². The summed E-state index contributed by atoms with van der Waals surface area (Å²) in [5, 5.41) is 19.5. The molecule has 0 amide bonds. The van der Waals surface area contributed by atoms with E-state index in [2.05, 4.69) is 17.1 Å². The second-order valence-electron chi connectivity index (χ2n) is 13.0. The fraction of sp³-hybridized carbons (Fsp3) is 0.750. The van der Waals surface area contributed by atoms with Gasteiger partial charge in [0.1, 0.15) is 23.4 Å². The third-order valence-corrected chi connectivity index (χ3v) is 11.1. The van der Waals surface area contributed by atoms with Gasteiger partial charge in [-0.05, 0) is 117 Å². The van der Waals surface area contributed by atoms with Crippen molar-refractivity contribution in [2.75, 3.05) is 0 Å². The molecule has 0 aliphatic heterocycles. The predicted molar refractivity (Wildman–Crippen MR) is 126 cm³/mol. The minimum atomic E-state index is -0.471. The number of rotatable bonds is 3. The Morgan fingerprint density at radius 1 is 1.03 bits per heavy atom. The van der Waals surface area contributed by atoms with Crippen molar-refractivity contribution in [1.82, 2.24) is 15.0 Å². The first-order valence-electron chi connectivity index (χ1n) is 13.5. The Morgan fingerprint density at radius 3 is 2.68 bits per heavy atom. The van der Waals surface area contributed by atoms with E-state index >= 15 is 0 Å². The van der Waals surface area contributed by atoms with Crippen molar-refractivity contribution >= 4 is 16.8 Å². The lowest BCUT2D eigenvalue weighted by atomic mass is 9.48. The maximum Gasteiger partial charge on any atom is 0.160 e. The number of nitrogens with zero attached hydrogens (tertiary/aromatic N) is 3. The molecular formula is C28H36FN3O2. The summed E-state index contributed by atoms with van der Waals surface area (Å²) in [5.74, 6) is 4.99. The minimum absolute atomic E-state index is 0.0948. The molecule has 1 N–H and O–H groups in total. The maximum absolute atomic E-state index is 13.7. The number of Topliss-reactive ketones (excluding diaryl/α,β-unsaturated/α-hetero) is 1. The lowest BCUT2D eigenvalue weighted by Crippen LogP contribution is -2.52. The van der Waals surface area contributed by atoms with Gasteiger partial charge in [-0.1, -0.05) is 6.92 Å². The van der Waals surface area contributed by atoms with Crippen molar-refractivity contribution < 1.29 is 14.3 Å². The zero-order valence-corrected chi connectivity index (χ0v) is 20.3. The molecule has 0 bridgehead atoms. The average molecular weight is 466 g/mol. The summed E-state index contributed by atoms with van der Waals surface area (Å²) in [6, 6.07) is 4.40. The van der Waals surface area contributed by atoms with Crippen LogP contribution < -0.4 is 0 Å². The highest BCUT2D eigenvalue weighted by atomic mass is 19.1. The lowest BCUT2D eigenvalue weighted by Gasteiger charge is -2.57. The molecule has 1 aromatic carbocycles. The number of aromatic nitrogens is 3. The Bertz CT molecular complexity index is 1160. The highest BCUT2D eigenvalue weighted by Gasteiger charge is 2.70. The molecule has 5 aliphatic rings. The molecular weight excluding hydrogens is 429 g/mol. The highest BCUT2D eigenvalue weighted by molar-refractivity contribution is 5.83. The molecule has 34 heavy (non-hydrogen) atoms. The number of fused-ring (bicyclic) bond motifs is 8. The van der Waals surface area contributed by atoms with Crippen LogP contribution in [0, 0.1) is 58.6 Å². The summed E-state index contributed by atoms with van der Waals surface area (Å²) < 4.78 is 13.6. The number of ketones is 1. The van der Waals surface area contributed by atoms with Gasteiger partial charge in [0.15, 0.2) is 5.78 Å². The third kappa shape index (κ3) is 3.09. The van der Waals surface area contributed by atoms with Gasteiger partial charge >= 0.3 is 0 Å². The summed E-state index contributed by atoms with van der Waals surface area (Å²) in [6.45, 7) is 4.65. The second kappa shape index (κ2) is 7.11. The molecule has 5 aliphatic carbocycles. The van der Waals surface area contributed by atoms with Gasteiger partial charge in [0, 0.05) is 12.0 Å². The van der Waals surface area contributed by atoms with E-state index < -0.39 is 5.60 Å². The Labute approximate surface area is 200 Å². The van der Waals surface area contributed by atoms with Crippen molar-refractivity contribution in [3.63, 3.8) is 0 Å². The van der Waals surface area contributed by atoms with E-state index in [-0.39, 0.29) is 29.5 Å². The molecule has 10 unspecified atom stereocenters. The monoisotopic (exact) mass is 465 g/mol. The molecule has 0 radical (unpaired) electrons. The van der Waals surface area contributed by atoms with E-state index in [1.54, 1.807) is 6.07 Å². The van der Waals surface area contributed by atoms with E-state index in [9.17, 15) is 14.3 Å². The van der Waals surface area contributed by atoms with Crippen LogP contribution in [0.2, 0.25) is 0 Å². The zero-order chi connectivity index (χ0) is 23.4. The first-order chi connectivity index (χ1) is 16.2. The molecule has 0 spiro atoms. The number of hydrogen-bond acceptors (Lipinski definition) is 4. The van der Waals surface area contributed by atoms with Crippen LogP contribution in [0.5, 0.6) is 0 Å². The molecule has 7 rings (SSSR count). The van der Waals surface area contributed by atoms with Crippen LogP contribution in [0.25, 0.3) is 11.0 Å². The molecule has 1 heterocycles. The number of halogens is 1. The van der Waals surface area contributed by atoms with Crippen LogP contribution in [-0.4, -0.2) is 31.5 Å². The van der Waals surface area contributed by atoms with Crippen LogP contribution >= 0.6 is 0 Å². The van der Waals surface area contributed by atoms with E-state index in [1.807, 2.05) is 6.92 Å². The van der Waals surface area contributed by atoms with E-state index in [0.717, 1.165) is 37.0 Å². The average Bonchev–Trinajstić information content (AvgIpc) is 3.33. The Hall–Kier alpha value is -1.82. The van der Waals surface area contributed by atoms with Crippen molar-refractivity contribution in [2.24, 2.45) is 52.8 Å². The maximum atomic E-state index is 13.7. The second-order valence-corrected chi connectivity index (χ2v) is 13.0. The molecule has 1 aromatic heterocycles. The van der Waals surface area contributed by atoms with Crippen LogP contribution in [0.1, 0.15) is 65.2 Å². The first-order valence-corrected chi connectivity index (χ1v) is 13.5. The molecule has 2 aromatic rings. The van der Waals surface area contributed by atoms with Gasteiger partial charge in [0.05, 0.1) is 5.60 Å². The van der Waals surface area contributed by atoms with Crippen molar-refractivity contribution in [3.05, 3.63) is 24.0 Å². The van der Waals surface area contributed by atoms with Crippen LogP contribution in [0.4, 0.5) is 4.39 Å². The van der Waals surface area contributed by atoms with Crippen LogP contribution in [0.3, 0.4) is 0 Å². The van der Waals surface area contributed by atoms with Crippen LogP contribution in [-0.2, 0) is 11.3 Å². The van der Waals surface area contributed by atoms with Gasteiger partial charge in [-0.2, -0.15) is 15.0 Å². The van der Waals surface area contributed by atoms with E-state index in [1.165, 1.54) is 49.0 Å². The summed E-state index contributed by atoms with van der Waals surface area (Å²) in [4.78, 5) is 15.2. The van der Waals surface area contributed by atoms with Crippen molar-refractivity contribution in [1.29, 1.82) is 0 Å². The zero-order valence-electron chi connectivity index (χ0n) is 20.3. The minimum Gasteiger partial charge on any atom is -0.390 e. The van der Waals surface area contributed by atoms with Gasteiger partial charge in [-0.3, -0.25) is 4.79 Å². The summed E-state index contributed by atoms with van der Waals surface area (Å²) in [6.07, 6.45) is 9.25. The van der Waals surface area contributed by atoms with E-state index in [4.69, 9.17) is 0 Å². The molecule has 5 saturated carbocycles. The molecule has 6 heteroatoms. The van der Waals surface area contributed by atoms with Crippen molar-refractivity contribution in [3.8, 4) is 0 Å². The third-order valence-electron chi connectivity index (χ3n) is 11.1. The molecule has 182 valence electrons. The van der Waals surface area contributed by atoms with Gasteiger partial charge in [-0.15, -0.1) is 0 Å². The SMILES string of the molecule is CC1(O)CCC2C(CCC3C2CCC2(C)C(C(=O)Cn4nc5ccc(F)cc5n4)C4CC4C32)C1.